The number of fused-ring (bicyclic) bond motifs is 1. The van der Waals surface area contributed by atoms with Crippen LogP contribution >= 0.6 is 0 Å². The van der Waals surface area contributed by atoms with E-state index in [0.717, 1.165) is 24.2 Å². The average molecular weight is 437 g/mol. The summed E-state index contributed by atoms with van der Waals surface area (Å²) in [4.78, 5) is 32.8. The summed E-state index contributed by atoms with van der Waals surface area (Å²) >= 11 is 0. The van der Waals surface area contributed by atoms with E-state index in [4.69, 9.17) is 4.74 Å². The molecule has 0 spiro atoms. The Morgan fingerprint density at radius 1 is 1.28 bits per heavy atom. The van der Waals surface area contributed by atoms with E-state index < -0.39 is 0 Å². The maximum Gasteiger partial charge on any atom is 0.259 e. The lowest BCUT2D eigenvalue weighted by Gasteiger charge is -2.23. The van der Waals surface area contributed by atoms with Gasteiger partial charge in [0.2, 0.25) is 0 Å². The Hall–Kier alpha value is -3.39. The molecule has 1 fully saturated rings. The third-order valence-electron chi connectivity index (χ3n) is 6.07. The van der Waals surface area contributed by atoms with Crippen LogP contribution in [0.1, 0.15) is 46.3 Å². The number of aromatic nitrogens is 2. The molecule has 1 aliphatic rings. The summed E-state index contributed by atoms with van der Waals surface area (Å²) in [5.74, 6) is 0.823. The van der Waals surface area contributed by atoms with Crippen LogP contribution in [-0.2, 0) is 13.5 Å². The van der Waals surface area contributed by atoms with Crippen molar-refractivity contribution >= 4 is 28.5 Å². The Bertz CT molecular complexity index is 1170. The second kappa shape index (κ2) is 9.00. The van der Waals surface area contributed by atoms with Gasteiger partial charge >= 0.3 is 0 Å². The first-order valence-electron chi connectivity index (χ1n) is 10.8. The largest absolute Gasteiger partial charge is 0.496 e. The fraction of sp³-hybridized carbons (Fsp3) is 0.375. The summed E-state index contributed by atoms with van der Waals surface area (Å²) in [5.41, 5.74) is 2.75. The molecule has 1 aliphatic heterocycles. The monoisotopic (exact) mass is 436 g/mol. The van der Waals surface area contributed by atoms with Gasteiger partial charge in [0.25, 0.3) is 11.8 Å². The van der Waals surface area contributed by atoms with Crippen LogP contribution in [0.3, 0.4) is 0 Å². The highest BCUT2D eigenvalue weighted by Crippen LogP contribution is 2.30. The molecular formula is C24H28N4O4. The van der Waals surface area contributed by atoms with Gasteiger partial charge in [0.1, 0.15) is 11.6 Å². The molecular weight excluding hydrogens is 408 g/mol. The third kappa shape index (κ3) is 3.82. The zero-order chi connectivity index (χ0) is 22.8. The number of hydrogen-bond acceptors (Lipinski definition) is 5. The van der Waals surface area contributed by atoms with E-state index in [1.165, 1.54) is 7.11 Å². The van der Waals surface area contributed by atoms with E-state index in [0.29, 0.717) is 41.0 Å². The molecule has 1 saturated heterocycles. The summed E-state index contributed by atoms with van der Waals surface area (Å²) in [5, 5.41) is 12.6. The normalized spacial score (nSPS) is 15.9. The summed E-state index contributed by atoms with van der Waals surface area (Å²) in [6.07, 6.45) is 2.36. The van der Waals surface area contributed by atoms with Crippen molar-refractivity contribution < 1.29 is 19.4 Å². The van der Waals surface area contributed by atoms with Crippen LogP contribution in [0.15, 0.2) is 36.4 Å². The Balaban J connectivity index is 1.78. The molecule has 4 rings (SSSR count). The van der Waals surface area contributed by atoms with Crippen LogP contribution in [0.5, 0.6) is 5.75 Å². The SMILES string of the molecule is CCc1nc2cc(C(=O)N3CCC[C@H]3CO)cc(NC(=O)c3ccccc3OC)c2n1C. The lowest BCUT2D eigenvalue weighted by atomic mass is 10.1. The van der Waals surface area contributed by atoms with E-state index in [-0.39, 0.29) is 24.5 Å². The number of carbonyl (C=O) groups is 2. The number of para-hydroxylation sites is 1. The predicted molar refractivity (Wildman–Crippen MR) is 122 cm³/mol. The second-order valence-electron chi connectivity index (χ2n) is 7.96. The van der Waals surface area contributed by atoms with Crippen LogP contribution in [0, 0.1) is 0 Å². The second-order valence-corrected chi connectivity index (χ2v) is 7.96. The lowest BCUT2D eigenvalue weighted by Crippen LogP contribution is -2.37. The van der Waals surface area contributed by atoms with E-state index >= 15 is 0 Å². The number of benzene rings is 2. The van der Waals surface area contributed by atoms with Gasteiger partial charge in [0.05, 0.1) is 42.0 Å². The van der Waals surface area contributed by atoms with Gasteiger partial charge in [-0.3, -0.25) is 9.59 Å². The van der Waals surface area contributed by atoms with Crippen molar-refractivity contribution in [2.45, 2.75) is 32.2 Å². The van der Waals surface area contributed by atoms with Crippen LogP contribution in [-0.4, -0.2) is 57.7 Å². The molecule has 2 heterocycles. The van der Waals surface area contributed by atoms with Crippen LogP contribution in [0.25, 0.3) is 11.0 Å². The number of anilines is 1. The molecule has 1 aromatic heterocycles. The number of hydrogen-bond donors (Lipinski definition) is 2. The van der Waals surface area contributed by atoms with Gasteiger partial charge in [-0.15, -0.1) is 0 Å². The molecule has 2 aromatic carbocycles. The van der Waals surface area contributed by atoms with Gasteiger partial charge in [0.15, 0.2) is 0 Å². The third-order valence-corrected chi connectivity index (χ3v) is 6.07. The highest BCUT2D eigenvalue weighted by Gasteiger charge is 2.30. The molecule has 32 heavy (non-hydrogen) atoms. The van der Waals surface area contributed by atoms with Crippen molar-refractivity contribution in [1.29, 1.82) is 0 Å². The number of aliphatic hydroxyl groups is 1. The van der Waals surface area contributed by atoms with Crippen molar-refractivity contribution in [3.05, 3.63) is 53.3 Å². The highest BCUT2D eigenvalue weighted by atomic mass is 16.5. The zero-order valence-electron chi connectivity index (χ0n) is 18.6. The number of rotatable bonds is 6. The minimum Gasteiger partial charge on any atom is -0.496 e. The standard InChI is InChI=1S/C24H28N4O4/c1-4-21-25-18-12-15(24(31)28-11-7-8-16(28)14-29)13-19(22(18)27(21)2)26-23(30)17-9-5-6-10-20(17)32-3/h5-6,9-10,12-13,16,29H,4,7-8,11,14H2,1-3H3,(H,26,30)/t16-/m0/s1. The fourth-order valence-corrected chi connectivity index (χ4v) is 4.42. The molecule has 0 bridgehead atoms. The maximum atomic E-state index is 13.3. The van der Waals surface area contributed by atoms with Crippen molar-refractivity contribution in [3.8, 4) is 5.75 Å². The first-order chi connectivity index (χ1) is 15.5. The summed E-state index contributed by atoms with van der Waals surface area (Å²) in [6.45, 7) is 2.55. The fourth-order valence-electron chi connectivity index (χ4n) is 4.42. The van der Waals surface area contributed by atoms with Gasteiger partial charge in [-0.25, -0.2) is 4.98 Å². The maximum absolute atomic E-state index is 13.3. The Kier molecular flexibility index (Phi) is 6.14. The number of nitrogens with one attached hydrogen (secondary N) is 1. The Labute approximate surface area is 186 Å². The van der Waals surface area contributed by atoms with E-state index in [1.54, 1.807) is 41.3 Å². The Morgan fingerprint density at radius 2 is 2.06 bits per heavy atom. The molecule has 0 aliphatic carbocycles. The molecule has 2 amide bonds. The number of nitrogens with zero attached hydrogens (tertiary/aromatic N) is 3. The van der Waals surface area contributed by atoms with Gasteiger partial charge in [-0.1, -0.05) is 19.1 Å². The molecule has 168 valence electrons. The molecule has 0 unspecified atom stereocenters. The van der Waals surface area contributed by atoms with Crippen molar-refractivity contribution in [2.24, 2.45) is 7.05 Å². The van der Waals surface area contributed by atoms with Gasteiger partial charge in [-0.2, -0.15) is 0 Å². The predicted octanol–water partition coefficient (Wildman–Crippen LogP) is 2.99. The first-order valence-corrected chi connectivity index (χ1v) is 10.8. The van der Waals surface area contributed by atoms with Crippen LogP contribution in [0.4, 0.5) is 5.69 Å². The molecule has 8 heteroatoms. The van der Waals surface area contributed by atoms with Gasteiger partial charge < -0.3 is 24.6 Å². The van der Waals surface area contributed by atoms with Crippen molar-refractivity contribution in [3.63, 3.8) is 0 Å². The number of aryl methyl sites for hydroxylation is 2. The molecule has 3 aromatic rings. The topological polar surface area (TPSA) is 96.7 Å². The molecule has 0 radical (unpaired) electrons. The molecule has 0 saturated carbocycles. The molecule has 8 nitrogen and oxygen atoms in total. The molecule has 2 N–H and O–H groups in total. The minimum atomic E-state index is -0.331. The first kappa shape index (κ1) is 21.8. The highest BCUT2D eigenvalue weighted by molar-refractivity contribution is 6.11. The number of amides is 2. The number of carbonyl (C=O) groups excluding carboxylic acids is 2. The number of ether oxygens (including phenoxy) is 1. The van der Waals surface area contributed by atoms with E-state index in [9.17, 15) is 14.7 Å². The summed E-state index contributed by atoms with van der Waals surface area (Å²) in [7, 11) is 3.42. The van der Waals surface area contributed by atoms with Crippen molar-refractivity contribution in [1.82, 2.24) is 14.5 Å². The number of likely N-dealkylation sites (tertiary alicyclic amines) is 1. The van der Waals surface area contributed by atoms with Crippen LogP contribution < -0.4 is 10.1 Å². The van der Waals surface area contributed by atoms with E-state index in [2.05, 4.69) is 10.3 Å². The molecule has 1 atom stereocenters. The van der Waals surface area contributed by atoms with Crippen molar-refractivity contribution in [2.75, 3.05) is 25.6 Å². The Morgan fingerprint density at radius 3 is 2.78 bits per heavy atom. The van der Waals surface area contributed by atoms with Gasteiger partial charge in [0, 0.05) is 25.6 Å². The van der Waals surface area contributed by atoms with E-state index in [1.807, 2.05) is 18.5 Å². The lowest BCUT2D eigenvalue weighted by molar-refractivity contribution is 0.0677. The number of imidazole rings is 1. The van der Waals surface area contributed by atoms with Crippen LogP contribution in [0.2, 0.25) is 0 Å². The van der Waals surface area contributed by atoms with Gasteiger partial charge in [-0.05, 0) is 37.1 Å². The number of methoxy groups -OCH3 is 1. The number of aliphatic hydroxyl groups excluding tert-OH is 1. The smallest absolute Gasteiger partial charge is 0.259 e. The quantitative estimate of drug-likeness (QED) is 0.619. The summed E-state index contributed by atoms with van der Waals surface area (Å²) < 4.78 is 7.27. The zero-order valence-corrected chi connectivity index (χ0v) is 18.6. The summed E-state index contributed by atoms with van der Waals surface area (Å²) in [6, 6.07) is 10.3. The minimum absolute atomic E-state index is 0.0606. The average Bonchev–Trinajstić information content (AvgIpc) is 3.42.